The van der Waals surface area contributed by atoms with Crippen molar-refractivity contribution in [2.45, 2.75) is 20.0 Å². The van der Waals surface area contributed by atoms with Crippen molar-refractivity contribution >= 4 is 11.7 Å². The molecule has 0 aliphatic carbocycles. The summed E-state index contributed by atoms with van der Waals surface area (Å²) in [6.07, 6.45) is 0.657. The molecule has 4 heteroatoms. The van der Waals surface area contributed by atoms with Crippen molar-refractivity contribution in [3.63, 3.8) is 0 Å². The van der Waals surface area contributed by atoms with E-state index in [0.29, 0.717) is 30.9 Å². The molecular formula is C17H17NO3. The molecule has 0 radical (unpaired) electrons. The maximum absolute atomic E-state index is 11.9. The van der Waals surface area contributed by atoms with Gasteiger partial charge in [0.15, 0.2) is 0 Å². The molecule has 2 aromatic carbocycles. The van der Waals surface area contributed by atoms with E-state index >= 15 is 0 Å². The van der Waals surface area contributed by atoms with Crippen LogP contribution in [0.1, 0.15) is 34.0 Å². The van der Waals surface area contributed by atoms with Crippen LogP contribution in [0.15, 0.2) is 36.4 Å². The van der Waals surface area contributed by atoms with Crippen molar-refractivity contribution in [2.24, 2.45) is 0 Å². The van der Waals surface area contributed by atoms with E-state index in [0.717, 1.165) is 16.9 Å². The first-order valence-corrected chi connectivity index (χ1v) is 6.98. The molecule has 2 aromatic rings. The molecule has 1 aliphatic heterocycles. The number of anilines is 1. The lowest BCUT2D eigenvalue weighted by Crippen LogP contribution is -2.10. The van der Waals surface area contributed by atoms with E-state index in [9.17, 15) is 4.79 Å². The zero-order valence-corrected chi connectivity index (χ0v) is 11.9. The zero-order chi connectivity index (χ0) is 14.8. The van der Waals surface area contributed by atoms with Gasteiger partial charge in [0.05, 0.1) is 17.9 Å². The molecule has 2 N–H and O–H groups in total. The lowest BCUT2D eigenvalue weighted by Gasteiger charge is -2.13. The van der Waals surface area contributed by atoms with E-state index in [2.05, 4.69) is 6.07 Å². The minimum atomic E-state index is -0.393. The van der Waals surface area contributed by atoms with Crippen molar-refractivity contribution in [1.29, 1.82) is 0 Å². The highest BCUT2D eigenvalue weighted by molar-refractivity contribution is 5.96. The van der Waals surface area contributed by atoms with E-state index in [1.165, 1.54) is 5.56 Å². The average molecular weight is 283 g/mol. The molecule has 0 aromatic heterocycles. The van der Waals surface area contributed by atoms with Gasteiger partial charge in [-0.15, -0.1) is 0 Å². The summed E-state index contributed by atoms with van der Waals surface area (Å²) >= 11 is 0. The number of rotatable bonds is 2. The molecule has 1 heterocycles. The first-order valence-electron chi connectivity index (χ1n) is 6.98. The number of nitrogen functional groups attached to an aromatic ring is 1. The van der Waals surface area contributed by atoms with Crippen molar-refractivity contribution in [3.05, 3.63) is 58.7 Å². The monoisotopic (exact) mass is 283 g/mol. The second kappa shape index (κ2) is 5.48. The summed E-state index contributed by atoms with van der Waals surface area (Å²) in [5, 5.41) is 0. The molecule has 0 spiro atoms. The van der Waals surface area contributed by atoms with Gasteiger partial charge < -0.3 is 15.2 Å². The van der Waals surface area contributed by atoms with Crippen LogP contribution in [0.3, 0.4) is 0 Å². The Morgan fingerprint density at radius 3 is 2.76 bits per heavy atom. The summed E-state index contributed by atoms with van der Waals surface area (Å²) in [5.41, 5.74) is 10.2. The summed E-state index contributed by atoms with van der Waals surface area (Å²) in [4.78, 5) is 11.9. The largest absolute Gasteiger partial charge is 0.489 e. The predicted molar refractivity (Wildman–Crippen MR) is 80.4 cm³/mol. The normalized spacial score (nSPS) is 12.6. The van der Waals surface area contributed by atoms with E-state index < -0.39 is 5.97 Å². The van der Waals surface area contributed by atoms with Crippen LogP contribution in [0.4, 0.5) is 5.69 Å². The molecule has 0 saturated heterocycles. The SMILES string of the molecule is CCOC(=O)c1ccc2c(c1N)Cc1ccccc1CO2. The van der Waals surface area contributed by atoms with Crippen LogP contribution < -0.4 is 10.5 Å². The van der Waals surface area contributed by atoms with Crippen molar-refractivity contribution in [2.75, 3.05) is 12.3 Å². The number of hydrogen-bond donors (Lipinski definition) is 1. The molecular weight excluding hydrogens is 266 g/mol. The Morgan fingerprint density at radius 1 is 1.24 bits per heavy atom. The van der Waals surface area contributed by atoms with Gasteiger partial charge in [0.1, 0.15) is 12.4 Å². The van der Waals surface area contributed by atoms with Crippen LogP contribution in [0.25, 0.3) is 0 Å². The fraction of sp³-hybridized carbons (Fsp3) is 0.235. The molecule has 4 nitrogen and oxygen atoms in total. The highest BCUT2D eigenvalue weighted by atomic mass is 16.5. The van der Waals surface area contributed by atoms with Gasteiger partial charge in [-0.2, -0.15) is 0 Å². The third kappa shape index (κ3) is 2.44. The van der Waals surface area contributed by atoms with Gasteiger partial charge in [-0.05, 0) is 30.2 Å². The van der Waals surface area contributed by atoms with Crippen molar-refractivity contribution < 1.29 is 14.3 Å². The first-order chi connectivity index (χ1) is 10.2. The summed E-state index contributed by atoms with van der Waals surface area (Å²) in [6, 6.07) is 11.6. The quantitative estimate of drug-likeness (QED) is 0.680. The van der Waals surface area contributed by atoms with Gasteiger partial charge >= 0.3 is 5.97 Å². The number of fused-ring (bicyclic) bond motifs is 2. The Hall–Kier alpha value is -2.49. The maximum Gasteiger partial charge on any atom is 0.340 e. The minimum Gasteiger partial charge on any atom is -0.489 e. The van der Waals surface area contributed by atoms with Gasteiger partial charge in [-0.3, -0.25) is 0 Å². The number of nitrogens with two attached hydrogens (primary N) is 1. The molecule has 0 fully saturated rings. The third-order valence-corrected chi connectivity index (χ3v) is 3.68. The summed E-state index contributed by atoms with van der Waals surface area (Å²) in [5.74, 6) is 0.340. The Kier molecular flexibility index (Phi) is 3.52. The first kappa shape index (κ1) is 13.5. The molecule has 0 bridgehead atoms. The smallest absolute Gasteiger partial charge is 0.340 e. The van der Waals surface area contributed by atoms with E-state index in [-0.39, 0.29) is 0 Å². The minimum absolute atomic E-state index is 0.328. The number of benzene rings is 2. The van der Waals surface area contributed by atoms with Crippen LogP contribution in [0.2, 0.25) is 0 Å². The maximum atomic E-state index is 11.9. The third-order valence-electron chi connectivity index (χ3n) is 3.68. The Morgan fingerprint density at radius 2 is 2.00 bits per heavy atom. The summed E-state index contributed by atoms with van der Waals surface area (Å²) in [6.45, 7) is 2.62. The second-order valence-electron chi connectivity index (χ2n) is 4.96. The molecule has 0 atom stereocenters. The highest BCUT2D eigenvalue weighted by Gasteiger charge is 2.21. The van der Waals surface area contributed by atoms with E-state index in [1.54, 1.807) is 19.1 Å². The topological polar surface area (TPSA) is 61.5 Å². The molecule has 0 unspecified atom stereocenters. The molecule has 0 saturated carbocycles. The van der Waals surface area contributed by atoms with Crippen molar-refractivity contribution in [3.8, 4) is 5.75 Å². The fourth-order valence-electron chi connectivity index (χ4n) is 2.57. The Balaban J connectivity index is 2.05. The standard InChI is InChI=1S/C17H17NO3/c1-2-20-17(19)13-7-8-15-14(16(13)18)9-11-5-3-4-6-12(11)10-21-15/h3-8H,2,9-10,18H2,1H3. The van der Waals surface area contributed by atoms with Gasteiger partial charge in [-0.1, -0.05) is 24.3 Å². The van der Waals surface area contributed by atoms with Crippen LogP contribution >= 0.6 is 0 Å². The molecule has 108 valence electrons. The molecule has 3 rings (SSSR count). The average Bonchev–Trinajstić information content (AvgIpc) is 2.68. The zero-order valence-electron chi connectivity index (χ0n) is 11.9. The Labute approximate surface area is 123 Å². The number of carbonyl (C=O) groups is 1. The number of esters is 1. The van der Waals surface area contributed by atoms with Crippen LogP contribution in [0.5, 0.6) is 5.75 Å². The summed E-state index contributed by atoms with van der Waals surface area (Å²) < 4.78 is 10.9. The Bertz CT molecular complexity index is 694. The molecule has 1 aliphatic rings. The number of ether oxygens (including phenoxy) is 2. The lowest BCUT2D eigenvalue weighted by atomic mass is 9.97. The van der Waals surface area contributed by atoms with Crippen molar-refractivity contribution in [1.82, 2.24) is 0 Å². The van der Waals surface area contributed by atoms with Gasteiger partial charge in [0.25, 0.3) is 0 Å². The van der Waals surface area contributed by atoms with E-state index in [4.69, 9.17) is 15.2 Å². The van der Waals surface area contributed by atoms with Crippen LogP contribution in [-0.4, -0.2) is 12.6 Å². The van der Waals surface area contributed by atoms with Crippen LogP contribution in [0, 0.1) is 0 Å². The lowest BCUT2D eigenvalue weighted by molar-refractivity contribution is 0.0527. The number of carbonyl (C=O) groups excluding carboxylic acids is 1. The summed E-state index contributed by atoms with van der Waals surface area (Å²) in [7, 11) is 0. The molecule has 21 heavy (non-hydrogen) atoms. The fourth-order valence-corrected chi connectivity index (χ4v) is 2.57. The van der Waals surface area contributed by atoms with Gasteiger partial charge in [-0.25, -0.2) is 4.79 Å². The van der Waals surface area contributed by atoms with Crippen LogP contribution in [-0.2, 0) is 17.8 Å². The number of hydrogen-bond acceptors (Lipinski definition) is 4. The predicted octanol–water partition coefficient (Wildman–Crippen LogP) is 2.93. The van der Waals surface area contributed by atoms with Gasteiger partial charge in [0.2, 0.25) is 0 Å². The second-order valence-corrected chi connectivity index (χ2v) is 4.96. The molecule has 0 amide bonds. The van der Waals surface area contributed by atoms with Gasteiger partial charge in [0, 0.05) is 12.0 Å². The van der Waals surface area contributed by atoms with E-state index in [1.807, 2.05) is 18.2 Å². The highest BCUT2D eigenvalue weighted by Crippen LogP contribution is 2.34.